The van der Waals surface area contributed by atoms with Crippen molar-refractivity contribution < 1.29 is 0 Å². The fourth-order valence-electron chi connectivity index (χ4n) is 1.34. The van der Waals surface area contributed by atoms with Crippen LogP contribution in [0.2, 0.25) is 0 Å². The van der Waals surface area contributed by atoms with Crippen LogP contribution in [0.15, 0.2) is 23.9 Å². The van der Waals surface area contributed by atoms with Crippen LogP contribution in [0, 0.1) is 5.92 Å². The molecule has 0 fully saturated rings. The summed E-state index contributed by atoms with van der Waals surface area (Å²) >= 11 is 0. The van der Waals surface area contributed by atoms with Crippen LogP contribution in [0.5, 0.6) is 0 Å². The molecule has 0 radical (unpaired) electrons. The van der Waals surface area contributed by atoms with Crippen molar-refractivity contribution in [2.24, 2.45) is 5.92 Å². The first-order chi connectivity index (χ1) is 4.75. The third-order valence-corrected chi connectivity index (χ3v) is 1.95. The lowest BCUT2D eigenvalue weighted by molar-refractivity contribution is 0.450. The highest BCUT2D eigenvalue weighted by atomic mass is 15.1. The monoisotopic (exact) mass is 137 g/mol. The van der Waals surface area contributed by atoms with Crippen LogP contribution in [0.3, 0.4) is 0 Å². The summed E-state index contributed by atoms with van der Waals surface area (Å²) in [5, 5.41) is 0. The molecule has 1 atom stereocenters. The van der Waals surface area contributed by atoms with E-state index in [2.05, 4.69) is 44.1 Å². The molecule has 1 rings (SSSR count). The van der Waals surface area contributed by atoms with Gasteiger partial charge < -0.3 is 4.90 Å². The van der Waals surface area contributed by atoms with E-state index in [-0.39, 0.29) is 0 Å². The molecular weight excluding hydrogens is 122 g/mol. The Morgan fingerprint density at radius 1 is 1.50 bits per heavy atom. The summed E-state index contributed by atoms with van der Waals surface area (Å²) in [6, 6.07) is 0. The van der Waals surface area contributed by atoms with Crippen LogP contribution < -0.4 is 0 Å². The minimum atomic E-state index is 0.662. The van der Waals surface area contributed by atoms with Gasteiger partial charge in [0.1, 0.15) is 0 Å². The van der Waals surface area contributed by atoms with Gasteiger partial charge in [-0.15, -0.1) is 0 Å². The number of nitrogens with zero attached hydrogens (tertiary/aromatic N) is 1. The topological polar surface area (TPSA) is 3.24 Å². The van der Waals surface area contributed by atoms with E-state index in [1.165, 1.54) is 12.1 Å². The maximum Gasteiger partial charge on any atom is 0.0197 e. The maximum atomic E-state index is 2.26. The van der Waals surface area contributed by atoms with Crippen LogP contribution >= 0.6 is 0 Å². The summed E-state index contributed by atoms with van der Waals surface area (Å²) in [6.45, 7) is 2.22. The first-order valence-electron chi connectivity index (χ1n) is 3.81. The molecule has 0 spiro atoms. The lowest BCUT2D eigenvalue weighted by Gasteiger charge is -2.19. The van der Waals surface area contributed by atoms with Gasteiger partial charge in [-0.3, -0.25) is 0 Å². The zero-order chi connectivity index (χ0) is 7.56. The van der Waals surface area contributed by atoms with Gasteiger partial charge in [-0.2, -0.15) is 0 Å². The molecule has 1 unspecified atom stereocenters. The Labute approximate surface area is 63.0 Å². The molecule has 0 saturated carbocycles. The van der Waals surface area contributed by atoms with Crippen LogP contribution in [-0.4, -0.2) is 19.0 Å². The Bertz CT molecular complexity index is 166. The van der Waals surface area contributed by atoms with Crippen molar-refractivity contribution in [2.75, 3.05) is 14.1 Å². The van der Waals surface area contributed by atoms with Gasteiger partial charge in [-0.1, -0.05) is 19.1 Å². The van der Waals surface area contributed by atoms with E-state index in [0.29, 0.717) is 5.92 Å². The Hall–Kier alpha value is -0.720. The molecule has 1 nitrogen and oxygen atoms in total. The molecule has 56 valence electrons. The van der Waals surface area contributed by atoms with E-state index >= 15 is 0 Å². The summed E-state index contributed by atoms with van der Waals surface area (Å²) in [5.41, 5.74) is 1.43. The molecule has 0 aromatic rings. The molecule has 0 saturated heterocycles. The van der Waals surface area contributed by atoms with Gasteiger partial charge in [0.05, 0.1) is 0 Å². The molecule has 1 aliphatic rings. The molecule has 0 aromatic carbocycles. The number of hydrogen-bond donors (Lipinski definition) is 0. The van der Waals surface area contributed by atoms with Crippen LogP contribution in [-0.2, 0) is 0 Å². The predicted octanol–water partition coefficient (Wildman–Crippen LogP) is 2.03. The zero-order valence-corrected chi connectivity index (χ0v) is 6.96. The molecule has 0 amide bonds. The molecule has 1 aliphatic carbocycles. The highest BCUT2D eigenvalue weighted by molar-refractivity contribution is 5.25. The van der Waals surface area contributed by atoms with Crippen molar-refractivity contribution in [3.63, 3.8) is 0 Å². The summed E-state index contributed by atoms with van der Waals surface area (Å²) in [5.74, 6) is 0.662. The molecule has 10 heavy (non-hydrogen) atoms. The molecule has 0 heterocycles. The van der Waals surface area contributed by atoms with Gasteiger partial charge in [0, 0.05) is 25.7 Å². The van der Waals surface area contributed by atoms with E-state index in [9.17, 15) is 0 Å². The number of hydrogen-bond acceptors (Lipinski definition) is 1. The fraction of sp³-hybridized carbons (Fsp3) is 0.556. The Kier molecular flexibility index (Phi) is 2.15. The second-order valence-corrected chi connectivity index (χ2v) is 2.89. The lowest BCUT2D eigenvalue weighted by atomic mass is 10.1. The smallest absolute Gasteiger partial charge is 0.0197 e. The van der Waals surface area contributed by atoms with Crippen molar-refractivity contribution in [2.45, 2.75) is 13.3 Å². The summed E-state index contributed by atoms with van der Waals surface area (Å²) < 4.78 is 0. The highest BCUT2D eigenvalue weighted by Gasteiger charge is 2.13. The van der Waals surface area contributed by atoms with E-state index < -0.39 is 0 Å². The Morgan fingerprint density at radius 2 is 2.20 bits per heavy atom. The summed E-state index contributed by atoms with van der Waals surface area (Å²) in [7, 11) is 4.20. The molecule has 0 N–H and O–H groups in total. The van der Waals surface area contributed by atoms with Crippen LogP contribution in [0.4, 0.5) is 0 Å². The van der Waals surface area contributed by atoms with Gasteiger partial charge in [-0.25, -0.2) is 0 Å². The molecule has 0 aromatic heterocycles. The first-order valence-corrected chi connectivity index (χ1v) is 3.81. The average molecular weight is 137 g/mol. The first kappa shape index (κ1) is 7.39. The van der Waals surface area contributed by atoms with E-state index in [1.54, 1.807) is 0 Å². The Morgan fingerprint density at radius 3 is 2.60 bits per heavy atom. The van der Waals surface area contributed by atoms with E-state index in [1.807, 2.05) is 0 Å². The van der Waals surface area contributed by atoms with Crippen molar-refractivity contribution in [1.82, 2.24) is 4.90 Å². The van der Waals surface area contributed by atoms with Crippen LogP contribution in [0.25, 0.3) is 0 Å². The third kappa shape index (κ3) is 1.23. The normalized spacial score (nSPS) is 23.1. The van der Waals surface area contributed by atoms with Gasteiger partial charge in [0.15, 0.2) is 0 Å². The average Bonchev–Trinajstić information content (AvgIpc) is 2.33. The minimum absolute atomic E-state index is 0.662. The molecule has 0 aliphatic heterocycles. The second kappa shape index (κ2) is 2.91. The quantitative estimate of drug-likeness (QED) is 0.563. The van der Waals surface area contributed by atoms with Crippen molar-refractivity contribution in [3.8, 4) is 0 Å². The van der Waals surface area contributed by atoms with Crippen LogP contribution in [0.1, 0.15) is 13.3 Å². The van der Waals surface area contributed by atoms with Crippen molar-refractivity contribution in [3.05, 3.63) is 23.9 Å². The van der Waals surface area contributed by atoms with Gasteiger partial charge >= 0.3 is 0 Å². The summed E-state index contributed by atoms with van der Waals surface area (Å²) in [4.78, 5) is 2.19. The van der Waals surface area contributed by atoms with E-state index in [0.717, 1.165) is 0 Å². The largest absolute Gasteiger partial charge is 0.380 e. The standard InChI is InChI=1S/C9H15N/c1-4-8-6-5-7-9(8)10(2)3/h5-8H,4H2,1-3H3. The van der Waals surface area contributed by atoms with Crippen molar-refractivity contribution >= 4 is 0 Å². The number of rotatable bonds is 2. The third-order valence-electron chi connectivity index (χ3n) is 1.95. The summed E-state index contributed by atoms with van der Waals surface area (Å²) in [6.07, 6.45) is 7.80. The SMILES string of the molecule is CCC1C=CC=C1N(C)C. The number of allylic oxidation sites excluding steroid dienone is 3. The second-order valence-electron chi connectivity index (χ2n) is 2.89. The molecular formula is C9H15N. The maximum absolute atomic E-state index is 2.26. The highest BCUT2D eigenvalue weighted by Crippen LogP contribution is 2.23. The minimum Gasteiger partial charge on any atom is -0.380 e. The fourth-order valence-corrected chi connectivity index (χ4v) is 1.34. The zero-order valence-electron chi connectivity index (χ0n) is 6.96. The molecule has 1 heteroatoms. The van der Waals surface area contributed by atoms with Gasteiger partial charge in [0.2, 0.25) is 0 Å². The Balaban J connectivity index is 2.62. The molecule has 0 bridgehead atoms. The van der Waals surface area contributed by atoms with E-state index in [4.69, 9.17) is 0 Å². The van der Waals surface area contributed by atoms with Gasteiger partial charge in [-0.05, 0) is 12.5 Å². The lowest BCUT2D eigenvalue weighted by Crippen LogP contribution is -2.15. The predicted molar refractivity (Wildman–Crippen MR) is 44.7 cm³/mol. The van der Waals surface area contributed by atoms with Gasteiger partial charge in [0.25, 0.3) is 0 Å². The van der Waals surface area contributed by atoms with Crippen molar-refractivity contribution in [1.29, 1.82) is 0 Å².